The highest BCUT2D eigenvalue weighted by molar-refractivity contribution is 5.65. The molecule has 1 unspecified atom stereocenters. The van der Waals surface area contributed by atoms with E-state index in [0.29, 0.717) is 30.0 Å². The van der Waals surface area contributed by atoms with Crippen LogP contribution in [0, 0.1) is 11.8 Å². The van der Waals surface area contributed by atoms with Crippen molar-refractivity contribution in [3.63, 3.8) is 0 Å². The predicted molar refractivity (Wildman–Crippen MR) is 85.8 cm³/mol. The average molecular weight is 294 g/mol. The number of fused-ring (bicyclic) bond motifs is 2. The van der Waals surface area contributed by atoms with E-state index in [2.05, 4.69) is 47.5 Å². The Balaban J connectivity index is 1.60. The van der Waals surface area contributed by atoms with Crippen molar-refractivity contribution in [3.05, 3.63) is 41.5 Å². The molecule has 5 fully saturated rings. The number of piperidine rings is 4. The molecule has 5 heterocycles. The number of para-hydroxylation sites is 1. The van der Waals surface area contributed by atoms with Crippen molar-refractivity contribution in [1.29, 1.82) is 0 Å². The Bertz CT molecular complexity index is 713. The maximum absolute atomic E-state index is 11.4. The third-order valence-electron chi connectivity index (χ3n) is 7.59. The summed E-state index contributed by atoms with van der Waals surface area (Å²) in [5, 5.41) is 15.2. The lowest BCUT2D eigenvalue weighted by Crippen LogP contribution is -2.66. The van der Waals surface area contributed by atoms with Gasteiger partial charge in [-0.3, -0.25) is 4.90 Å². The molecule has 6 aliphatic rings. The van der Waals surface area contributed by atoms with Gasteiger partial charge in [-0.1, -0.05) is 29.8 Å². The molecular formula is C19H22N2O. The number of hydrogen-bond acceptors (Lipinski definition) is 3. The quantitative estimate of drug-likeness (QED) is 0.720. The van der Waals surface area contributed by atoms with Gasteiger partial charge in [0.25, 0.3) is 0 Å². The van der Waals surface area contributed by atoms with Crippen molar-refractivity contribution in [2.24, 2.45) is 11.8 Å². The van der Waals surface area contributed by atoms with E-state index in [1.165, 1.54) is 17.7 Å². The maximum atomic E-state index is 11.4. The van der Waals surface area contributed by atoms with Gasteiger partial charge in [-0.15, -0.1) is 0 Å². The molecule has 3 heteroatoms. The summed E-state index contributed by atoms with van der Waals surface area (Å²) in [6.07, 6.45) is 4.47. The molecule has 0 radical (unpaired) electrons. The molecule has 5 bridgehead atoms. The van der Waals surface area contributed by atoms with Gasteiger partial charge in [0.1, 0.15) is 0 Å². The molecule has 1 aromatic rings. The highest BCUT2D eigenvalue weighted by Crippen LogP contribution is 2.66. The van der Waals surface area contributed by atoms with Crippen LogP contribution in [0.4, 0.5) is 5.69 Å². The second kappa shape index (κ2) is 3.60. The maximum Gasteiger partial charge on any atom is 0.0707 e. The number of hydrogen-bond donors (Lipinski definition) is 2. The Kier molecular flexibility index (Phi) is 1.99. The summed E-state index contributed by atoms with van der Waals surface area (Å²) < 4.78 is 0. The third kappa shape index (κ3) is 1.05. The second-order valence-electron chi connectivity index (χ2n) is 7.95. The van der Waals surface area contributed by atoms with Gasteiger partial charge >= 0.3 is 0 Å². The molecule has 2 N–H and O–H groups in total. The first-order valence-corrected chi connectivity index (χ1v) is 8.70. The smallest absolute Gasteiger partial charge is 0.0707 e. The SMILES string of the molecule is C/C=C1/CN2[C@H]3C[C@@]45c6ccccc6N[C@H]4[C@@H]2C[C@@H]1[C@H]3[C@H]5O. The summed E-state index contributed by atoms with van der Waals surface area (Å²) in [6, 6.07) is 10.3. The standard InChI is InChI=1S/C19H22N2O/c1-2-10-9-21-14-7-11(10)16-15(21)8-19(18(16)22)12-5-3-4-6-13(12)20-17(14)19/h2-6,11,14-18,20,22H,7-9H2,1H3/b10-2-/t11-,14-,15-,16+,17-,18+,19+/m0/s1. The minimum Gasteiger partial charge on any atom is -0.392 e. The molecule has 8 atom stereocenters. The van der Waals surface area contributed by atoms with Gasteiger partial charge < -0.3 is 10.4 Å². The van der Waals surface area contributed by atoms with Crippen molar-refractivity contribution in [2.75, 3.05) is 11.9 Å². The zero-order valence-corrected chi connectivity index (χ0v) is 12.9. The lowest BCUT2D eigenvalue weighted by atomic mass is 9.65. The van der Waals surface area contributed by atoms with Crippen molar-refractivity contribution < 1.29 is 5.11 Å². The first-order valence-electron chi connectivity index (χ1n) is 8.70. The Morgan fingerprint density at radius 3 is 3.05 bits per heavy atom. The van der Waals surface area contributed by atoms with Crippen molar-refractivity contribution in [2.45, 2.75) is 49.4 Å². The van der Waals surface area contributed by atoms with Gasteiger partial charge in [0.15, 0.2) is 0 Å². The Labute approximate surface area is 131 Å². The van der Waals surface area contributed by atoms with E-state index >= 15 is 0 Å². The molecule has 114 valence electrons. The number of anilines is 1. The summed E-state index contributed by atoms with van der Waals surface area (Å²) in [5.74, 6) is 1.05. The molecule has 1 spiro atoms. The normalized spacial score (nSPS) is 54.5. The van der Waals surface area contributed by atoms with Crippen LogP contribution in [0.25, 0.3) is 0 Å². The fraction of sp³-hybridized carbons (Fsp3) is 0.579. The molecule has 0 aromatic heterocycles. The first-order chi connectivity index (χ1) is 10.8. The number of allylic oxidation sites excluding steroid dienone is 1. The highest BCUT2D eigenvalue weighted by Gasteiger charge is 2.73. The summed E-state index contributed by atoms with van der Waals surface area (Å²) in [6.45, 7) is 3.30. The van der Waals surface area contributed by atoms with Crippen LogP contribution in [0.3, 0.4) is 0 Å². The zero-order valence-electron chi connectivity index (χ0n) is 12.9. The van der Waals surface area contributed by atoms with E-state index < -0.39 is 0 Å². The molecule has 0 amide bonds. The molecule has 22 heavy (non-hydrogen) atoms. The lowest BCUT2D eigenvalue weighted by molar-refractivity contribution is -0.0318. The van der Waals surface area contributed by atoms with Crippen LogP contribution in [0.1, 0.15) is 25.3 Å². The van der Waals surface area contributed by atoms with Crippen molar-refractivity contribution in [3.8, 4) is 0 Å². The largest absolute Gasteiger partial charge is 0.392 e. The first kappa shape index (κ1) is 12.1. The van der Waals surface area contributed by atoms with Crippen LogP contribution in [0.15, 0.2) is 35.9 Å². The Hall–Kier alpha value is -1.32. The van der Waals surface area contributed by atoms with Gasteiger partial charge in [0.2, 0.25) is 0 Å². The fourth-order valence-corrected chi connectivity index (χ4v) is 6.87. The zero-order chi connectivity index (χ0) is 14.6. The van der Waals surface area contributed by atoms with Gasteiger partial charge in [-0.25, -0.2) is 0 Å². The molecule has 7 rings (SSSR count). The number of aliphatic hydroxyl groups is 1. The van der Waals surface area contributed by atoms with Gasteiger partial charge in [0, 0.05) is 35.6 Å². The number of nitrogens with one attached hydrogen (secondary N) is 1. The van der Waals surface area contributed by atoms with Crippen LogP contribution in [-0.2, 0) is 5.41 Å². The van der Waals surface area contributed by atoms with E-state index in [0.717, 1.165) is 13.0 Å². The third-order valence-corrected chi connectivity index (χ3v) is 7.59. The number of rotatable bonds is 0. The predicted octanol–water partition coefficient (Wildman–Crippen LogP) is 2.13. The summed E-state index contributed by atoms with van der Waals surface area (Å²) in [7, 11) is 0. The average Bonchev–Trinajstić information content (AvgIpc) is 3.02. The minimum atomic E-state index is -0.200. The Morgan fingerprint density at radius 1 is 1.32 bits per heavy atom. The van der Waals surface area contributed by atoms with E-state index in [9.17, 15) is 5.11 Å². The van der Waals surface area contributed by atoms with Crippen molar-refractivity contribution >= 4 is 5.69 Å². The van der Waals surface area contributed by atoms with Gasteiger partial charge in [-0.2, -0.15) is 0 Å². The summed E-state index contributed by atoms with van der Waals surface area (Å²) in [5.41, 5.74) is 4.18. The second-order valence-corrected chi connectivity index (χ2v) is 7.95. The van der Waals surface area contributed by atoms with E-state index in [1.807, 2.05) is 0 Å². The molecule has 5 aliphatic heterocycles. The van der Waals surface area contributed by atoms with Crippen LogP contribution in [-0.4, -0.2) is 40.8 Å². The van der Waals surface area contributed by atoms with Crippen LogP contribution in [0.5, 0.6) is 0 Å². The number of benzene rings is 1. The van der Waals surface area contributed by atoms with Gasteiger partial charge in [0.05, 0.1) is 12.1 Å². The molecular weight excluding hydrogens is 272 g/mol. The minimum absolute atomic E-state index is 0.0367. The van der Waals surface area contributed by atoms with E-state index in [-0.39, 0.29) is 11.5 Å². The highest BCUT2D eigenvalue weighted by atomic mass is 16.3. The molecule has 1 aromatic carbocycles. The summed E-state index contributed by atoms with van der Waals surface area (Å²) >= 11 is 0. The fourth-order valence-electron chi connectivity index (χ4n) is 6.87. The van der Waals surface area contributed by atoms with E-state index in [4.69, 9.17) is 0 Å². The molecule has 1 saturated carbocycles. The number of nitrogens with zero attached hydrogens (tertiary/aromatic N) is 1. The molecule has 1 aliphatic carbocycles. The topological polar surface area (TPSA) is 35.5 Å². The van der Waals surface area contributed by atoms with E-state index in [1.54, 1.807) is 5.57 Å². The molecule has 3 nitrogen and oxygen atoms in total. The van der Waals surface area contributed by atoms with Crippen LogP contribution in [0.2, 0.25) is 0 Å². The van der Waals surface area contributed by atoms with Crippen molar-refractivity contribution in [1.82, 2.24) is 4.90 Å². The van der Waals surface area contributed by atoms with Crippen LogP contribution >= 0.6 is 0 Å². The van der Waals surface area contributed by atoms with Gasteiger partial charge in [-0.05, 0) is 37.3 Å². The lowest BCUT2D eigenvalue weighted by Gasteiger charge is -2.57. The monoisotopic (exact) mass is 294 g/mol. The van der Waals surface area contributed by atoms with Crippen LogP contribution < -0.4 is 5.32 Å². The Morgan fingerprint density at radius 2 is 2.18 bits per heavy atom. The molecule has 4 saturated heterocycles. The number of aliphatic hydroxyl groups excluding tert-OH is 1. The summed E-state index contributed by atoms with van der Waals surface area (Å²) in [4.78, 5) is 2.72.